The van der Waals surface area contributed by atoms with E-state index in [0.717, 1.165) is 18.4 Å². The maximum atomic E-state index is 11.9. The van der Waals surface area contributed by atoms with E-state index in [9.17, 15) is 9.59 Å². The normalized spacial score (nSPS) is 16.0. The zero-order valence-electron chi connectivity index (χ0n) is 10.9. The van der Waals surface area contributed by atoms with Gasteiger partial charge < -0.3 is 10.4 Å². The van der Waals surface area contributed by atoms with Crippen molar-refractivity contribution in [2.75, 3.05) is 0 Å². The molecular weight excluding hydrogens is 242 g/mol. The van der Waals surface area contributed by atoms with Crippen LogP contribution in [-0.2, 0) is 11.2 Å². The van der Waals surface area contributed by atoms with Crippen LogP contribution in [0, 0.1) is 0 Å². The molecule has 0 heterocycles. The monoisotopic (exact) mass is 261 g/mol. The summed E-state index contributed by atoms with van der Waals surface area (Å²) in [5.74, 6) is -0.982. The fourth-order valence-corrected chi connectivity index (χ4v) is 2.53. The lowest BCUT2D eigenvalue weighted by molar-refractivity contribution is -0.121. The highest BCUT2D eigenvalue weighted by Gasteiger charge is 2.16. The van der Waals surface area contributed by atoms with E-state index in [1.165, 1.54) is 25.3 Å². The fourth-order valence-electron chi connectivity index (χ4n) is 2.53. The van der Waals surface area contributed by atoms with Crippen LogP contribution in [0.25, 0.3) is 0 Å². The topological polar surface area (TPSA) is 66.4 Å². The second-order valence-corrected chi connectivity index (χ2v) is 5.08. The molecule has 0 radical (unpaired) electrons. The van der Waals surface area contributed by atoms with Crippen molar-refractivity contribution in [1.29, 1.82) is 0 Å². The Morgan fingerprint density at radius 2 is 1.95 bits per heavy atom. The first kappa shape index (κ1) is 13.6. The molecule has 0 atom stereocenters. The number of amides is 1. The summed E-state index contributed by atoms with van der Waals surface area (Å²) in [5, 5.41) is 11.9. The second-order valence-electron chi connectivity index (χ2n) is 5.08. The molecule has 0 unspecified atom stereocenters. The zero-order valence-corrected chi connectivity index (χ0v) is 10.9. The minimum atomic E-state index is -0.963. The molecular formula is C15H19NO3. The third kappa shape index (κ3) is 4.09. The van der Waals surface area contributed by atoms with Gasteiger partial charge in [-0.05, 0) is 30.5 Å². The van der Waals surface area contributed by atoms with E-state index in [1.54, 1.807) is 18.2 Å². The number of carbonyl (C=O) groups is 2. The Bertz CT molecular complexity index is 464. The summed E-state index contributed by atoms with van der Waals surface area (Å²) < 4.78 is 0. The first-order valence-corrected chi connectivity index (χ1v) is 6.77. The zero-order chi connectivity index (χ0) is 13.7. The Morgan fingerprint density at radius 1 is 1.21 bits per heavy atom. The molecule has 2 rings (SSSR count). The van der Waals surface area contributed by atoms with Gasteiger partial charge in [0, 0.05) is 6.04 Å². The summed E-state index contributed by atoms with van der Waals surface area (Å²) in [6.07, 6.45) is 5.98. The highest BCUT2D eigenvalue weighted by Crippen LogP contribution is 2.17. The molecule has 102 valence electrons. The van der Waals surface area contributed by atoms with Crippen LogP contribution in [0.1, 0.15) is 48.0 Å². The molecule has 1 aliphatic rings. The molecule has 0 aliphatic heterocycles. The van der Waals surface area contributed by atoms with Crippen molar-refractivity contribution < 1.29 is 14.7 Å². The molecule has 0 spiro atoms. The average molecular weight is 261 g/mol. The van der Waals surface area contributed by atoms with Crippen molar-refractivity contribution in [1.82, 2.24) is 5.32 Å². The quantitative estimate of drug-likeness (QED) is 0.874. The predicted octanol–water partition coefficient (Wildman–Crippen LogP) is 2.38. The van der Waals surface area contributed by atoms with Crippen molar-refractivity contribution in [3.8, 4) is 0 Å². The van der Waals surface area contributed by atoms with Crippen LogP contribution >= 0.6 is 0 Å². The summed E-state index contributed by atoms with van der Waals surface area (Å²) in [6.45, 7) is 0. The van der Waals surface area contributed by atoms with E-state index in [1.807, 2.05) is 0 Å². The van der Waals surface area contributed by atoms with Gasteiger partial charge in [0.25, 0.3) is 0 Å². The molecule has 1 aliphatic carbocycles. The standard InChI is InChI=1S/C15H19NO3/c17-14(16-13-7-2-1-3-8-13)10-11-5-4-6-12(9-11)15(18)19/h4-6,9,13H,1-3,7-8,10H2,(H,16,17)(H,18,19). The number of carboxylic acids is 1. The van der Waals surface area contributed by atoms with Crippen molar-refractivity contribution >= 4 is 11.9 Å². The van der Waals surface area contributed by atoms with Gasteiger partial charge in [-0.25, -0.2) is 4.79 Å². The molecule has 1 fully saturated rings. The third-order valence-electron chi connectivity index (χ3n) is 3.51. The van der Waals surface area contributed by atoms with Crippen LogP contribution in [0.15, 0.2) is 24.3 Å². The maximum Gasteiger partial charge on any atom is 0.335 e. The van der Waals surface area contributed by atoms with Gasteiger partial charge in [0.05, 0.1) is 12.0 Å². The van der Waals surface area contributed by atoms with Gasteiger partial charge in [-0.15, -0.1) is 0 Å². The summed E-state index contributed by atoms with van der Waals surface area (Å²) in [6, 6.07) is 6.84. The molecule has 4 nitrogen and oxygen atoms in total. The maximum absolute atomic E-state index is 11.9. The highest BCUT2D eigenvalue weighted by atomic mass is 16.4. The summed E-state index contributed by atoms with van der Waals surface area (Å²) >= 11 is 0. The number of hydrogen-bond donors (Lipinski definition) is 2. The largest absolute Gasteiger partial charge is 0.478 e. The smallest absolute Gasteiger partial charge is 0.335 e. The van der Waals surface area contributed by atoms with Gasteiger partial charge in [-0.3, -0.25) is 4.79 Å². The number of carbonyl (C=O) groups excluding carboxylic acids is 1. The second kappa shape index (κ2) is 6.36. The van der Waals surface area contributed by atoms with E-state index in [0.29, 0.717) is 6.04 Å². The lowest BCUT2D eigenvalue weighted by Gasteiger charge is -2.22. The molecule has 2 N–H and O–H groups in total. The molecule has 0 saturated heterocycles. The molecule has 1 amide bonds. The number of hydrogen-bond acceptors (Lipinski definition) is 2. The predicted molar refractivity (Wildman–Crippen MR) is 72.1 cm³/mol. The lowest BCUT2D eigenvalue weighted by atomic mass is 9.95. The Labute approximate surface area is 112 Å². The minimum Gasteiger partial charge on any atom is -0.478 e. The minimum absolute atomic E-state index is 0.0190. The van der Waals surface area contributed by atoms with E-state index in [-0.39, 0.29) is 17.9 Å². The number of nitrogens with one attached hydrogen (secondary N) is 1. The van der Waals surface area contributed by atoms with Crippen LogP contribution in [0.3, 0.4) is 0 Å². The van der Waals surface area contributed by atoms with Crippen molar-refractivity contribution in [3.05, 3.63) is 35.4 Å². The van der Waals surface area contributed by atoms with Crippen LogP contribution < -0.4 is 5.32 Å². The Hall–Kier alpha value is -1.84. The molecule has 0 aromatic heterocycles. The van der Waals surface area contributed by atoms with Crippen molar-refractivity contribution in [2.45, 2.75) is 44.6 Å². The molecule has 0 bridgehead atoms. The van der Waals surface area contributed by atoms with Gasteiger partial charge in [0.1, 0.15) is 0 Å². The number of rotatable bonds is 4. The molecule has 1 aromatic carbocycles. The van der Waals surface area contributed by atoms with Gasteiger partial charge in [0.2, 0.25) is 5.91 Å². The summed E-state index contributed by atoms with van der Waals surface area (Å²) in [4.78, 5) is 22.8. The van der Waals surface area contributed by atoms with E-state index >= 15 is 0 Å². The molecule has 4 heteroatoms. The van der Waals surface area contributed by atoms with Crippen LogP contribution in [0.5, 0.6) is 0 Å². The lowest BCUT2D eigenvalue weighted by Crippen LogP contribution is -2.37. The Morgan fingerprint density at radius 3 is 2.63 bits per heavy atom. The van der Waals surface area contributed by atoms with Gasteiger partial charge in [-0.1, -0.05) is 31.4 Å². The van der Waals surface area contributed by atoms with E-state index < -0.39 is 5.97 Å². The summed E-state index contributed by atoms with van der Waals surface area (Å²) in [5.41, 5.74) is 0.969. The van der Waals surface area contributed by atoms with E-state index in [4.69, 9.17) is 5.11 Å². The van der Waals surface area contributed by atoms with Crippen LogP contribution in [0.4, 0.5) is 0 Å². The van der Waals surface area contributed by atoms with Crippen molar-refractivity contribution in [2.24, 2.45) is 0 Å². The number of aromatic carboxylic acids is 1. The van der Waals surface area contributed by atoms with Gasteiger partial charge in [-0.2, -0.15) is 0 Å². The van der Waals surface area contributed by atoms with Crippen molar-refractivity contribution in [3.63, 3.8) is 0 Å². The first-order chi connectivity index (χ1) is 9.15. The molecule has 1 aromatic rings. The third-order valence-corrected chi connectivity index (χ3v) is 3.51. The highest BCUT2D eigenvalue weighted by molar-refractivity contribution is 5.88. The Kier molecular flexibility index (Phi) is 4.55. The molecule has 1 saturated carbocycles. The van der Waals surface area contributed by atoms with Gasteiger partial charge in [0.15, 0.2) is 0 Å². The van der Waals surface area contributed by atoms with Crippen LogP contribution in [-0.4, -0.2) is 23.0 Å². The SMILES string of the molecule is O=C(Cc1cccc(C(=O)O)c1)NC1CCCCC1. The summed E-state index contributed by atoms with van der Waals surface area (Å²) in [7, 11) is 0. The number of carboxylic acid groups (broad SMARTS) is 1. The fraction of sp³-hybridized carbons (Fsp3) is 0.467. The average Bonchev–Trinajstić information content (AvgIpc) is 2.40. The van der Waals surface area contributed by atoms with Gasteiger partial charge >= 0.3 is 5.97 Å². The number of benzene rings is 1. The molecule has 19 heavy (non-hydrogen) atoms. The Balaban J connectivity index is 1.90. The van der Waals surface area contributed by atoms with Crippen LogP contribution in [0.2, 0.25) is 0 Å². The van der Waals surface area contributed by atoms with E-state index in [2.05, 4.69) is 5.32 Å². The first-order valence-electron chi connectivity index (χ1n) is 6.77.